The smallest absolute Gasteiger partial charge is 0.246 e. The van der Waals surface area contributed by atoms with Crippen LogP contribution in [-0.4, -0.2) is 81.8 Å². The van der Waals surface area contributed by atoms with Gasteiger partial charge >= 0.3 is 0 Å². The molecule has 5 amide bonds. The first-order valence-electron chi connectivity index (χ1n) is 16.1. The Morgan fingerprint density at radius 3 is 2.15 bits per heavy atom. The Hall–Kier alpha value is -5.65. The second kappa shape index (κ2) is 14.4. The lowest BCUT2D eigenvalue weighted by molar-refractivity contribution is -0.142. The number of hydrogen-bond donors (Lipinski definition) is 6. The summed E-state index contributed by atoms with van der Waals surface area (Å²) in [6.45, 7) is -0.132. The van der Waals surface area contributed by atoms with Gasteiger partial charge in [-0.25, -0.2) is 0 Å². The third kappa shape index (κ3) is 7.49. The van der Waals surface area contributed by atoms with Crippen LogP contribution in [0.25, 0.3) is 10.9 Å². The first-order valence-corrected chi connectivity index (χ1v) is 16.1. The van der Waals surface area contributed by atoms with E-state index in [9.17, 15) is 29.1 Å². The van der Waals surface area contributed by atoms with Crippen molar-refractivity contribution in [3.63, 3.8) is 0 Å². The highest BCUT2D eigenvalue weighted by molar-refractivity contribution is 5.98. The van der Waals surface area contributed by atoms with E-state index < -0.39 is 60.2 Å². The Labute approximate surface area is 277 Å². The van der Waals surface area contributed by atoms with Crippen LogP contribution >= 0.6 is 0 Å². The third-order valence-electron chi connectivity index (χ3n) is 8.92. The van der Waals surface area contributed by atoms with Crippen LogP contribution in [0.2, 0.25) is 0 Å². The zero-order valence-corrected chi connectivity index (χ0v) is 26.3. The predicted molar refractivity (Wildman–Crippen MR) is 177 cm³/mol. The molecule has 0 spiro atoms. The summed E-state index contributed by atoms with van der Waals surface area (Å²) in [5.74, 6) is -2.63. The highest BCUT2D eigenvalue weighted by Gasteiger charge is 2.39. The van der Waals surface area contributed by atoms with Gasteiger partial charge in [0.05, 0.1) is 6.54 Å². The van der Waals surface area contributed by atoms with E-state index in [4.69, 9.17) is 0 Å². The molecule has 3 heterocycles. The Balaban J connectivity index is 1.33. The van der Waals surface area contributed by atoms with Gasteiger partial charge in [0.1, 0.15) is 29.9 Å². The van der Waals surface area contributed by atoms with Gasteiger partial charge in [0.15, 0.2) is 0 Å². The number of nitrogens with zero attached hydrogens (tertiary/aromatic N) is 1. The summed E-state index contributed by atoms with van der Waals surface area (Å²) >= 11 is 0. The molecule has 2 saturated heterocycles. The van der Waals surface area contributed by atoms with E-state index in [2.05, 4.69) is 26.3 Å². The van der Waals surface area contributed by atoms with Crippen molar-refractivity contribution in [3.05, 3.63) is 102 Å². The average Bonchev–Trinajstić information content (AvgIpc) is 3.75. The monoisotopic (exact) mass is 650 g/mol. The third-order valence-corrected chi connectivity index (χ3v) is 8.92. The van der Waals surface area contributed by atoms with Crippen LogP contribution in [0.3, 0.4) is 0 Å². The quantitative estimate of drug-likeness (QED) is 0.185. The second-order valence-electron chi connectivity index (χ2n) is 12.3. The minimum Gasteiger partial charge on any atom is -0.508 e. The lowest BCUT2D eigenvalue weighted by atomic mass is 10.0. The molecule has 1 aromatic heterocycles. The van der Waals surface area contributed by atoms with Gasteiger partial charge in [-0.05, 0) is 47.7 Å². The van der Waals surface area contributed by atoms with E-state index in [1.54, 1.807) is 18.3 Å². The van der Waals surface area contributed by atoms with Gasteiger partial charge in [-0.3, -0.25) is 24.0 Å². The minimum atomic E-state index is -1.07. The maximum absolute atomic E-state index is 14.0. The van der Waals surface area contributed by atoms with Crippen molar-refractivity contribution in [2.45, 2.75) is 56.3 Å². The molecule has 0 bridgehead atoms. The number of H-pyrrole nitrogens is 1. The molecule has 48 heavy (non-hydrogen) atoms. The maximum atomic E-state index is 14.0. The maximum Gasteiger partial charge on any atom is 0.246 e. The van der Waals surface area contributed by atoms with Gasteiger partial charge in [-0.1, -0.05) is 60.7 Å². The second-order valence-corrected chi connectivity index (χ2v) is 12.3. The van der Waals surface area contributed by atoms with Gasteiger partial charge in [0.2, 0.25) is 29.5 Å². The number of phenols is 1. The fourth-order valence-electron chi connectivity index (χ4n) is 6.44. The van der Waals surface area contributed by atoms with Crippen LogP contribution in [0.1, 0.15) is 29.5 Å². The molecule has 3 aromatic carbocycles. The van der Waals surface area contributed by atoms with Gasteiger partial charge in [0, 0.05) is 42.9 Å². The van der Waals surface area contributed by atoms with Gasteiger partial charge in [-0.2, -0.15) is 0 Å². The lowest BCUT2D eigenvalue weighted by Crippen LogP contribution is -2.58. The summed E-state index contributed by atoms with van der Waals surface area (Å²) < 4.78 is 0. The number of carbonyl (C=O) groups excluding carboxylic acids is 5. The highest BCUT2D eigenvalue weighted by atomic mass is 16.3. The molecular formula is C36H38N6O6. The summed E-state index contributed by atoms with van der Waals surface area (Å²) in [5, 5.41) is 21.7. The summed E-state index contributed by atoms with van der Waals surface area (Å²) in [6, 6.07) is 19.1. The number of phenolic OH excluding ortho intramolecular Hbond substituents is 1. The Kier molecular flexibility index (Phi) is 9.70. The molecule has 2 aliphatic heterocycles. The zero-order valence-electron chi connectivity index (χ0n) is 26.3. The Morgan fingerprint density at radius 1 is 0.688 bits per heavy atom. The molecule has 2 fully saturated rings. The number of fused-ring (bicyclic) bond motifs is 2. The molecule has 6 N–H and O–H groups in total. The van der Waals surface area contributed by atoms with Gasteiger partial charge in [0.25, 0.3) is 0 Å². The average molecular weight is 651 g/mol. The van der Waals surface area contributed by atoms with Crippen LogP contribution in [0.15, 0.2) is 85.1 Å². The Bertz CT molecular complexity index is 1810. The standard InChI is InChI=1S/C36H38N6O6/c43-25-14-12-23(13-15-25)18-30-36(48)42-16-6-11-31(42)35(47)41-29(19-24-20-37-27-10-5-4-9-26(24)27)34(46)40-28(17-22-7-2-1-3-8-22)33(45)38-21-32(44)39-30/h1-5,7-10,12-15,20,28-31,37,43H,6,11,16-19,21H2,(H,38,45)(H,39,44)(H,40,46)(H,41,47)/t28-,29+,30-,31+/m0/s1. The van der Waals surface area contributed by atoms with Crippen molar-refractivity contribution in [2.24, 2.45) is 0 Å². The number of aromatic amines is 1. The van der Waals surface area contributed by atoms with Crippen LogP contribution in [-0.2, 0) is 43.2 Å². The number of nitrogens with one attached hydrogen (secondary N) is 5. The number of benzene rings is 3. The van der Waals surface area contributed by atoms with Crippen molar-refractivity contribution in [1.82, 2.24) is 31.2 Å². The summed E-state index contributed by atoms with van der Waals surface area (Å²) in [7, 11) is 0. The first-order chi connectivity index (χ1) is 23.2. The van der Waals surface area contributed by atoms with Crippen molar-refractivity contribution in [1.29, 1.82) is 0 Å². The first kappa shape index (κ1) is 32.3. The number of carbonyl (C=O) groups is 5. The molecule has 0 radical (unpaired) electrons. The molecular weight excluding hydrogens is 612 g/mol. The molecule has 0 saturated carbocycles. The lowest BCUT2D eigenvalue weighted by Gasteiger charge is -2.30. The van der Waals surface area contributed by atoms with E-state index in [0.717, 1.165) is 22.0 Å². The summed E-state index contributed by atoms with van der Waals surface area (Å²) in [4.78, 5) is 73.3. The van der Waals surface area contributed by atoms with E-state index >= 15 is 0 Å². The van der Waals surface area contributed by atoms with Crippen LogP contribution in [0.5, 0.6) is 5.75 Å². The SMILES string of the molecule is O=C1CNC(=O)[C@H](Cc2ccccc2)NC(=O)[C@@H](Cc2c[nH]c3ccccc23)NC(=O)[C@H]2CCCN2C(=O)[C@H](Cc2ccc(O)cc2)N1. The topological polar surface area (TPSA) is 173 Å². The molecule has 4 atom stereocenters. The van der Waals surface area contributed by atoms with Gasteiger partial charge in [-0.15, -0.1) is 0 Å². The number of aromatic hydroxyl groups is 1. The summed E-state index contributed by atoms with van der Waals surface area (Å²) in [5.41, 5.74) is 3.15. The molecule has 4 aromatic rings. The van der Waals surface area contributed by atoms with Gasteiger partial charge < -0.3 is 36.3 Å². The largest absolute Gasteiger partial charge is 0.508 e. The Morgan fingerprint density at radius 2 is 1.35 bits per heavy atom. The molecule has 12 nitrogen and oxygen atoms in total. The van der Waals surface area contributed by atoms with Crippen molar-refractivity contribution in [3.8, 4) is 5.75 Å². The molecule has 6 rings (SSSR count). The van der Waals surface area contributed by atoms with E-state index in [1.807, 2.05) is 54.6 Å². The van der Waals surface area contributed by atoms with Crippen LogP contribution in [0.4, 0.5) is 0 Å². The van der Waals surface area contributed by atoms with Crippen molar-refractivity contribution in [2.75, 3.05) is 13.1 Å². The van der Waals surface area contributed by atoms with E-state index in [0.29, 0.717) is 24.9 Å². The van der Waals surface area contributed by atoms with Crippen molar-refractivity contribution < 1.29 is 29.1 Å². The molecule has 0 aliphatic carbocycles. The van der Waals surface area contributed by atoms with Crippen LogP contribution < -0.4 is 21.3 Å². The van der Waals surface area contributed by atoms with Crippen LogP contribution in [0, 0.1) is 0 Å². The number of aromatic nitrogens is 1. The molecule has 12 heteroatoms. The number of amides is 5. The number of para-hydroxylation sites is 1. The van der Waals surface area contributed by atoms with E-state index in [1.165, 1.54) is 17.0 Å². The molecule has 0 unspecified atom stereocenters. The summed E-state index contributed by atoms with van der Waals surface area (Å²) in [6.07, 6.45) is 3.12. The normalized spacial score (nSPS) is 22.6. The fourth-order valence-corrected chi connectivity index (χ4v) is 6.44. The number of rotatable bonds is 6. The van der Waals surface area contributed by atoms with E-state index in [-0.39, 0.29) is 25.0 Å². The highest BCUT2D eigenvalue weighted by Crippen LogP contribution is 2.23. The van der Waals surface area contributed by atoms with Crippen molar-refractivity contribution >= 4 is 40.4 Å². The molecule has 248 valence electrons. The number of hydrogen-bond acceptors (Lipinski definition) is 6. The minimum absolute atomic E-state index is 0.0607. The fraction of sp³-hybridized carbons (Fsp3) is 0.306. The molecule has 2 aliphatic rings. The predicted octanol–water partition coefficient (Wildman–Crippen LogP) is 1.48. The zero-order chi connectivity index (χ0) is 33.6.